The Kier molecular flexibility index (Phi) is 7.73. The number of amides is 3. The molecule has 200 valence electrons. The van der Waals surface area contributed by atoms with Gasteiger partial charge in [0.25, 0.3) is 5.91 Å². The third kappa shape index (κ3) is 6.03. The molecule has 2 saturated heterocycles. The summed E-state index contributed by atoms with van der Waals surface area (Å²) in [5, 5.41) is 11.2. The third-order valence-electron chi connectivity index (χ3n) is 7.08. The van der Waals surface area contributed by atoms with Crippen LogP contribution in [0.1, 0.15) is 35.7 Å². The molecular formula is C26H30Cl2N8O2. The topological polar surface area (TPSA) is 121 Å². The highest BCUT2D eigenvalue weighted by Gasteiger charge is 2.28. The molecule has 0 radical (unpaired) electrons. The minimum Gasteiger partial charge on any atom is -0.383 e. The summed E-state index contributed by atoms with van der Waals surface area (Å²) in [6, 6.07) is 6.45. The molecule has 1 aromatic carbocycles. The van der Waals surface area contributed by atoms with Crippen molar-refractivity contribution in [2.24, 2.45) is 0 Å². The van der Waals surface area contributed by atoms with Gasteiger partial charge < -0.3 is 26.2 Å². The molecule has 1 atom stereocenters. The number of pyridine rings is 1. The van der Waals surface area contributed by atoms with Crippen molar-refractivity contribution in [2.45, 2.75) is 31.3 Å². The Morgan fingerprint density at radius 3 is 2.47 bits per heavy atom. The van der Waals surface area contributed by atoms with Gasteiger partial charge in [0.2, 0.25) is 0 Å². The van der Waals surface area contributed by atoms with Crippen LogP contribution in [0.3, 0.4) is 0 Å². The van der Waals surface area contributed by atoms with E-state index in [4.69, 9.17) is 28.9 Å². The summed E-state index contributed by atoms with van der Waals surface area (Å²) in [5.41, 5.74) is 8.54. The van der Waals surface area contributed by atoms with Crippen LogP contribution >= 0.6 is 23.2 Å². The number of nitrogen functional groups attached to an aromatic ring is 1. The Morgan fingerprint density at radius 2 is 1.74 bits per heavy atom. The molecule has 0 bridgehead atoms. The summed E-state index contributed by atoms with van der Waals surface area (Å²) >= 11 is 12.0. The predicted octanol–water partition coefficient (Wildman–Crippen LogP) is 4.14. The van der Waals surface area contributed by atoms with Gasteiger partial charge in [-0.25, -0.2) is 9.78 Å². The van der Waals surface area contributed by atoms with Crippen molar-refractivity contribution in [3.8, 4) is 11.1 Å². The maximum atomic E-state index is 13.1. The van der Waals surface area contributed by atoms with Crippen LogP contribution in [-0.4, -0.2) is 75.8 Å². The van der Waals surface area contributed by atoms with E-state index in [9.17, 15) is 9.59 Å². The lowest BCUT2D eigenvalue weighted by atomic mass is 10.1. The van der Waals surface area contributed by atoms with E-state index in [1.807, 2.05) is 10.9 Å². The number of urea groups is 1. The Bertz CT molecular complexity index is 1320. The number of halogens is 2. The van der Waals surface area contributed by atoms with Gasteiger partial charge in [-0.2, -0.15) is 5.10 Å². The van der Waals surface area contributed by atoms with E-state index in [-0.39, 0.29) is 23.8 Å². The van der Waals surface area contributed by atoms with E-state index < -0.39 is 0 Å². The van der Waals surface area contributed by atoms with Crippen LogP contribution in [-0.2, 0) is 0 Å². The molecular weight excluding hydrogens is 527 g/mol. The fourth-order valence-electron chi connectivity index (χ4n) is 4.92. The van der Waals surface area contributed by atoms with Gasteiger partial charge in [0.15, 0.2) is 0 Å². The number of piperidine rings is 1. The minimum atomic E-state index is -0.326. The number of nitrogens with zero attached hydrogens (tertiary/aromatic N) is 5. The maximum absolute atomic E-state index is 13.1. The molecule has 0 saturated carbocycles. The SMILES string of the molecule is CN1CCC(n2cc(-c3cnc(N)c(C(=O)N[C@@H]4CCN(C(=O)Nc5cc(Cl)cc(Cl)c5)C4)c3)cn2)CC1. The average molecular weight is 557 g/mol. The summed E-state index contributed by atoms with van der Waals surface area (Å²) in [5.74, 6) is -0.173. The van der Waals surface area contributed by atoms with Crippen molar-refractivity contribution in [3.05, 3.63) is 58.5 Å². The van der Waals surface area contributed by atoms with Crippen LogP contribution in [0.4, 0.5) is 16.3 Å². The zero-order valence-electron chi connectivity index (χ0n) is 21.0. The molecule has 2 aliphatic rings. The van der Waals surface area contributed by atoms with Crippen LogP contribution in [0.2, 0.25) is 10.0 Å². The summed E-state index contributed by atoms with van der Waals surface area (Å²) in [7, 11) is 2.13. The van der Waals surface area contributed by atoms with E-state index in [0.29, 0.717) is 46.8 Å². The normalized spacial score (nSPS) is 18.5. The number of anilines is 2. The van der Waals surface area contributed by atoms with E-state index in [1.54, 1.807) is 41.6 Å². The quantitative estimate of drug-likeness (QED) is 0.434. The summed E-state index contributed by atoms with van der Waals surface area (Å²) < 4.78 is 2.01. The fraction of sp³-hybridized carbons (Fsp3) is 0.385. The van der Waals surface area contributed by atoms with E-state index in [1.165, 1.54) is 0 Å². The average Bonchev–Trinajstić information content (AvgIpc) is 3.54. The fourth-order valence-corrected chi connectivity index (χ4v) is 5.44. The van der Waals surface area contributed by atoms with Gasteiger partial charge in [0.1, 0.15) is 5.82 Å². The Morgan fingerprint density at radius 1 is 1.00 bits per heavy atom. The second-order valence-corrected chi connectivity index (χ2v) is 10.8. The Balaban J connectivity index is 1.21. The first-order chi connectivity index (χ1) is 18.2. The minimum absolute atomic E-state index is 0.152. The van der Waals surface area contributed by atoms with Gasteiger partial charge >= 0.3 is 6.03 Å². The number of rotatable bonds is 5. The number of aromatic nitrogens is 3. The lowest BCUT2D eigenvalue weighted by Gasteiger charge is -2.28. The van der Waals surface area contributed by atoms with Gasteiger partial charge in [0.05, 0.1) is 17.8 Å². The smallest absolute Gasteiger partial charge is 0.321 e. The molecule has 0 spiro atoms. The zero-order chi connectivity index (χ0) is 26.8. The van der Waals surface area contributed by atoms with Crippen molar-refractivity contribution >= 4 is 46.6 Å². The number of nitrogens with one attached hydrogen (secondary N) is 2. The molecule has 4 heterocycles. The number of hydrogen-bond acceptors (Lipinski definition) is 6. The van der Waals surface area contributed by atoms with Crippen LogP contribution in [0.5, 0.6) is 0 Å². The molecule has 3 amide bonds. The second kappa shape index (κ2) is 11.2. The van der Waals surface area contributed by atoms with Crippen LogP contribution in [0, 0.1) is 0 Å². The summed E-state index contributed by atoms with van der Waals surface area (Å²) in [4.78, 5) is 34.0. The lowest BCUT2D eigenvalue weighted by molar-refractivity contribution is 0.0938. The number of hydrogen-bond donors (Lipinski definition) is 3. The van der Waals surface area contributed by atoms with E-state index in [0.717, 1.165) is 37.1 Å². The van der Waals surface area contributed by atoms with Crippen molar-refractivity contribution < 1.29 is 9.59 Å². The number of carbonyl (C=O) groups excluding carboxylic acids is 2. The highest BCUT2D eigenvalue weighted by atomic mass is 35.5. The van der Waals surface area contributed by atoms with Crippen LogP contribution in [0.25, 0.3) is 11.1 Å². The highest BCUT2D eigenvalue weighted by molar-refractivity contribution is 6.35. The van der Waals surface area contributed by atoms with Gasteiger partial charge in [0, 0.05) is 58.4 Å². The van der Waals surface area contributed by atoms with Gasteiger partial charge in [-0.15, -0.1) is 0 Å². The largest absolute Gasteiger partial charge is 0.383 e. The second-order valence-electron chi connectivity index (χ2n) is 9.89. The van der Waals surface area contributed by atoms with E-state index in [2.05, 4.69) is 32.7 Å². The molecule has 5 rings (SSSR count). The van der Waals surface area contributed by atoms with Gasteiger partial charge in [-0.05, 0) is 63.7 Å². The molecule has 3 aromatic rings. The van der Waals surface area contributed by atoms with Crippen molar-refractivity contribution in [2.75, 3.05) is 44.3 Å². The lowest BCUT2D eigenvalue weighted by Crippen LogP contribution is -2.40. The molecule has 2 aliphatic heterocycles. The number of likely N-dealkylation sites (tertiary alicyclic amines) is 2. The molecule has 12 heteroatoms. The molecule has 0 aliphatic carbocycles. The standard InChI is InChI=1S/C26H30Cl2N8O2/c1-34-5-3-22(4-6-34)36-14-17(13-31-36)16-8-23(24(29)30-12-16)25(37)32-20-2-7-35(15-20)26(38)33-21-10-18(27)9-19(28)11-21/h8-14,20,22H,2-7,15H2,1H3,(H2,29,30)(H,32,37)(H,33,38)/t20-/m1/s1. The van der Waals surface area contributed by atoms with E-state index >= 15 is 0 Å². The first-order valence-corrected chi connectivity index (χ1v) is 13.3. The highest BCUT2D eigenvalue weighted by Crippen LogP contribution is 2.27. The number of nitrogens with two attached hydrogens (primary N) is 1. The first kappa shape index (κ1) is 26.3. The zero-order valence-corrected chi connectivity index (χ0v) is 22.5. The summed E-state index contributed by atoms with van der Waals surface area (Å²) in [6.07, 6.45) is 8.18. The molecule has 38 heavy (non-hydrogen) atoms. The molecule has 0 unspecified atom stereocenters. The molecule has 2 aromatic heterocycles. The molecule has 10 nitrogen and oxygen atoms in total. The maximum Gasteiger partial charge on any atom is 0.321 e. The molecule has 4 N–H and O–H groups in total. The summed E-state index contributed by atoms with van der Waals surface area (Å²) in [6.45, 7) is 2.95. The molecule has 2 fully saturated rings. The van der Waals surface area contributed by atoms with Crippen LogP contribution in [0.15, 0.2) is 42.9 Å². The van der Waals surface area contributed by atoms with Crippen molar-refractivity contribution in [3.63, 3.8) is 0 Å². The van der Waals surface area contributed by atoms with Crippen molar-refractivity contribution in [1.29, 1.82) is 0 Å². The Labute approximate surface area is 231 Å². The van der Waals surface area contributed by atoms with Crippen LogP contribution < -0.4 is 16.4 Å². The van der Waals surface area contributed by atoms with Crippen molar-refractivity contribution in [1.82, 2.24) is 29.9 Å². The Hall–Kier alpha value is -3.34. The van der Waals surface area contributed by atoms with Gasteiger partial charge in [-0.1, -0.05) is 23.2 Å². The monoisotopic (exact) mass is 556 g/mol. The third-order valence-corrected chi connectivity index (χ3v) is 7.52. The number of carbonyl (C=O) groups is 2. The number of benzene rings is 1. The van der Waals surface area contributed by atoms with Gasteiger partial charge in [-0.3, -0.25) is 9.48 Å². The first-order valence-electron chi connectivity index (χ1n) is 12.6. The predicted molar refractivity (Wildman–Crippen MR) is 149 cm³/mol.